The minimum absolute atomic E-state index is 0.0518. The number of carbonyl (C=O) groups excluding carboxylic acids is 2. The molecule has 0 bridgehead atoms. The van der Waals surface area contributed by atoms with Crippen LogP contribution in [-0.4, -0.2) is 56.0 Å². The number of hydrogen-bond acceptors (Lipinski definition) is 5. The molecule has 0 radical (unpaired) electrons. The second-order valence-corrected chi connectivity index (χ2v) is 8.15. The summed E-state index contributed by atoms with van der Waals surface area (Å²) in [6.45, 7) is 0.506. The highest BCUT2D eigenvalue weighted by Gasteiger charge is 2.40. The molecule has 1 aliphatic carbocycles. The highest BCUT2D eigenvalue weighted by atomic mass is 16.5. The molecule has 2 aromatic carbocycles. The summed E-state index contributed by atoms with van der Waals surface area (Å²) in [5, 5.41) is 14.0. The van der Waals surface area contributed by atoms with Crippen LogP contribution < -0.4 is 10.6 Å². The molecule has 1 aliphatic heterocycles. The molecule has 168 valence electrons. The molecule has 2 amide bonds. The topological polar surface area (TPSA) is 114 Å². The van der Waals surface area contributed by atoms with Gasteiger partial charge in [-0.2, -0.15) is 0 Å². The number of amides is 2. The molecule has 4 rings (SSSR count). The number of carboxylic acids is 1. The van der Waals surface area contributed by atoms with Crippen LogP contribution in [0.15, 0.2) is 48.5 Å². The first-order valence-corrected chi connectivity index (χ1v) is 10.7. The Morgan fingerprint density at radius 3 is 2.16 bits per heavy atom. The second-order valence-electron chi connectivity index (χ2n) is 8.15. The van der Waals surface area contributed by atoms with Crippen LogP contribution >= 0.6 is 0 Å². The van der Waals surface area contributed by atoms with E-state index in [4.69, 9.17) is 14.6 Å². The lowest BCUT2D eigenvalue weighted by atomic mass is 9.79. The van der Waals surface area contributed by atoms with E-state index in [9.17, 15) is 14.4 Å². The lowest BCUT2D eigenvalue weighted by molar-refractivity contribution is -0.142. The summed E-state index contributed by atoms with van der Waals surface area (Å²) in [4.78, 5) is 36.0. The van der Waals surface area contributed by atoms with E-state index in [1.54, 1.807) is 0 Å². The van der Waals surface area contributed by atoms with Gasteiger partial charge < -0.3 is 25.2 Å². The highest BCUT2D eigenvalue weighted by Crippen LogP contribution is 2.44. The van der Waals surface area contributed by atoms with Crippen LogP contribution in [0.25, 0.3) is 11.1 Å². The number of ether oxygens (including phenoxy) is 2. The van der Waals surface area contributed by atoms with Crippen molar-refractivity contribution in [1.82, 2.24) is 10.6 Å². The molecule has 8 heteroatoms. The first kappa shape index (κ1) is 21.8. The van der Waals surface area contributed by atoms with Crippen LogP contribution in [0, 0.1) is 5.41 Å². The maximum atomic E-state index is 12.7. The maximum absolute atomic E-state index is 12.7. The maximum Gasteiger partial charge on any atom is 0.407 e. The SMILES string of the molecule is O=C(O)CNC(=O)C1(CNC(=O)OCC2c3ccccc3-c3ccccc32)CCOCC1. The molecule has 3 N–H and O–H groups in total. The fourth-order valence-electron chi connectivity index (χ4n) is 4.48. The summed E-state index contributed by atoms with van der Waals surface area (Å²) < 4.78 is 10.9. The van der Waals surface area contributed by atoms with Crippen molar-refractivity contribution in [2.45, 2.75) is 18.8 Å². The highest BCUT2D eigenvalue weighted by molar-refractivity contribution is 5.86. The normalized spacial score (nSPS) is 16.5. The van der Waals surface area contributed by atoms with Gasteiger partial charge in [0.2, 0.25) is 5.91 Å². The number of fused-ring (bicyclic) bond motifs is 3. The van der Waals surface area contributed by atoms with Gasteiger partial charge in [0.1, 0.15) is 13.2 Å². The number of hydrogen-bond donors (Lipinski definition) is 3. The third-order valence-corrected chi connectivity index (χ3v) is 6.25. The third-order valence-electron chi connectivity index (χ3n) is 6.25. The number of nitrogens with one attached hydrogen (secondary N) is 2. The van der Waals surface area contributed by atoms with Gasteiger partial charge in [0.25, 0.3) is 0 Å². The molecule has 1 saturated heterocycles. The fourth-order valence-corrected chi connectivity index (χ4v) is 4.48. The number of carbonyl (C=O) groups is 3. The summed E-state index contributed by atoms with van der Waals surface area (Å²) in [5.41, 5.74) is 3.62. The quantitative estimate of drug-likeness (QED) is 0.612. The summed E-state index contributed by atoms with van der Waals surface area (Å²) in [7, 11) is 0. The van der Waals surface area contributed by atoms with E-state index in [-0.39, 0.29) is 19.1 Å². The Hall–Kier alpha value is -3.39. The number of alkyl carbamates (subject to hydrolysis) is 1. The Kier molecular flexibility index (Phi) is 6.41. The lowest BCUT2D eigenvalue weighted by Gasteiger charge is -2.35. The Labute approximate surface area is 185 Å². The monoisotopic (exact) mass is 438 g/mol. The molecule has 0 aromatic heterocycles. The van der Waals surface area contributed by atoms with Gasteiger partial charge in [-0.1, -0.05) is 48.5 Å². The van der Waals surface area contributed by atoms with Gasteiger partial charge in [-0.15, -0.1) is 0 Å². The average Bonchev–Trinajstić information content (AvgIpc) is 3.14. The minimum atomic E-state index is -1.12. The number of rotatable bonds is 7. The van der Waals surface area contributed by atoms with E-state index in [1.807, 2.05) is 36.4 Å². The van der Waals surface area contributed by atoms with Crippen molar-refractivity contribution in [3.63, 3.8) is 0 Å². The van der Waals surface area contributed by atoms with Crippen molar-refractivity contribution < 1.29 is 29.0 Å². The predicted molar refractivity (Wildman–Crippen MR) is 116 cm³/mol. The van der Waals surface area contributed by atoms with Gasteiger partial charge in [0.05, 0.1) is 5.41 Å². The van der Waals surface area contributed by atoms with E-state index in [0.717, 1.165) is 22.3 Å². The Morgan fingerprint density at radius 1 is 0.969 bits per heavy atom. The van der Waals surface area contributed by atoms with Crippen molar-refractivity contribution in [1.29, 1.82) is 0 Å². The van der Waals surface area contributed by atoms with Gasteiger partial charge in [0.15, 0.2) is 0 Å². The largest absolute Gasteiger partial charge is 0.480 e. The van der Waals surface area contributed by atoms with E-state index in [0.29, 0.717) is 26.1 Å². The van der Waals surface area contributed by atoms with Crippen molar-refractivity contribution in [2.24, 2.45) is 5.41 Å². The van der Waals surface area contributed by atoms with Gasteiger partial charge in [-0.05, 0) is 35.1 Å². The van der Waals surface area contributed by atoms with Crippen LogP contribution in [0.2, 0.25) is 0 Å². The Bertz CT molecular complexity index is 970. The molecule has 32 heavy (non-hydrogen) atoms. The predicted octanol–water partition coefficient (Wildman–Crippen LogP) is 2.52. The third kappa shape index (κ3) is 4.45. The van der Waals surface area contributed by atoms with E-state index in [2.05, 4.69) is 22.8 Å². The molecule has 2 aromatic rings. The number of aliphatic carboxylic acids is 1. The Balaban J connectivity index is 1.38. The summed E-state index contributed by atoms with van der Waals surface area (Å²) in [5.74, 6) is -1.57. The van der Waals surface area contributed by atoms with Crippen molar-refractivity contribution in [2.75, 3.05) is 32.9 Å². The lowest BCUT2D eigenvalue weighted by Crippen LogP contribution is -2.52. The van der Waals surface area contributed by atoms with Crippen LogP contribution in [0.4, 0.5) is 4.79 Å². The van der Waals surface area contributed by atoms with Gasteiger partial charge >= 0.3 is 12.1 Å². The van der Waals surface area contributed by atoms with Crippen molar-refractivity contribution in [3.8, 4) is 11.1 Å². The first-order chi connectivity index (χ1) is 15.5. The first-order valence-electron chi connectivity index (χ1n) is 10.7. The molecular formula is C24H26N2O6. The van der Waals surface area contributed by atoms with Gasteiger partial charge in [0, 0.05) is 25.7 Å². The number of carboxylic acid groups (broad SMARTS) is 1. The summed E-state index contributed by atoms with van der Waals surface area (Å²) >= 11 is 0. The molecule has 1 heterocycles. The van der Waals surface area contributed by atoms with Crippen molar-refractivity contribution >= 4 is 18.0 Å². The molecule has 0 spiro atoms. The van der Waals surface area contributed by atoms with Crippen molar-refractivity contribution in [3.05, 3.63) is 59.7 Å². The zero-order chi connectivity index (χ0) is 22.6. The minimum Gasteiger partial charge on any atom is -0.480 e. The standard InChI is InChI=1S/C24H26N2O6/c27-21(28)13-25-22(29)24(9-11-31-12-10-24)15-26-23(30)32-14-20-18-7-3-1-5-16(18)17-6-2-4-8-19(17)20/h1-8,20H,9-15H2,(H,25,29)(H,26,30)(H,27,28). The molecule has 0 unspecified atom stereocenters. The summed E-state index contributed by atoms with van der Waals surface area (Å²) in [6, 6.07) is 16.2. The zero-order valence-corrected chi connectivity index (χ0v) is 17.6. The van der Waals surface area contributed by atoms with Crippen LogP contribution in [0.3, 0.4) is 0 Å². The van der Waals surface area contributed by atoms with Crippen LogP contribution in [0.5, 0.6) is 0 Å². The fraction of sp³-hybridized carbons (Fsp3) is 0.375. The van der Waals surface area contributed by atoms with Gasteiger partial charge in [-0.3, -0.25) is 9.59 Å². The summed E-state index contributed by atoms with van der Waals surface area (Å²) in [6.07, 6.45) is 0.174. The Morgan fingerprint density at radius 2 is 1.56 bits per heavy atom. The number of benzene rings is 2. The van der Waals surface area contributed by atoms with Gasteiger partial charge in [-0.25, -0.2) is 4.79 Å². The molecule has 0 atom stereocenters. The van der Waals surface area contributed by atoms with E-state index < -0.39 is 29.9 Å². The van der Waals surface area contributed by atoms with Crippen LogP contribution in [0.1, 0.15) is 29.9 Å². The molecule has 1 fully saturated rings. The molecular weight excluding hydrogens is 412 g/mol. The average molecular weight is 438 g/mol. The smallest absolute Gasteiger partial charge is 0.407 e. The molecule has 8 nitrogen and oxygen atoms in total. The molecule has 0 saturated carbocycles. The zero-order valence-electron chi connectivity index (χ0n) is 17.6. The second kappa shape index (κ2) is 9.40. The van der Waals surface area contributed by atoms with E-state index >= 15 is 0 Å². The van der Waals surface area contributed by atoms with Crippen LogP contribution in [-0.2, 0) is 19.1 Å². The van der Waals surface area contributed by atoms with E-state index in [1.165, 1.54) is 0 Å². The molecule has 2 aliphatic rings.